The van der Waals surface area contributed by atoms with Crippen molar-refractivity contribution in [3.05, 3.63) is 0 Å². The SMILES string of the molecule is NCCNCCN.[H-].[H-].[H-].[H-].[Na+].[Na+].[Na+].[Na+]. The van der Waals surface area contributed by atoms with Crippen LogP contribution in [0.5, 0.6) is 0 Å². The first-order valence-corrected chi connectivity index (χ1v) is 2.52. The standard InChI is InChI=1S/C4H13N3.4Na.4H/c5-1-3-7-4-2-6;;;;;;;;/h7H,1-6H2;;;;;;;;/q;4*+1;4*-1. The monoisotopic (exact) mass is 199 g/mol. The third kappa shape index (κ3) is 31.5. The summed E-state index contributed by atoms with van der Waals surface area (Å²) < 4.78 is 0. The molecule has 0 aromatic rings. The summed E-state index contributed by atoms with van der Waals surface area (Å²) in [6.45, 7) is 3.13. The molecule has 52 valence electrons. The molecule has 0 aromatic carbocycles. The van der Waals surface area contributed by atoms with Crippen molar-refractivity contribution in [3.63, 3.8) is 0 Å². The zero-order valence-corrected chi connectivity index (χ0v) is 16.5. The molecule has 0 aliphatic carbocycles. The Bertz CT molecular complexity index is 49.1. The molecule has 7 heteroatoms. The third-order valence-corrected chi connectivity index (χ3v) is 0.642. The van der Waals surface area contributed by atoms with Gasteiger partial charge in [0.2, 0.25) is 0 Å². The summed E-state index contributed by atoms with van der Waals surface area (Å²) >= 11 is 0. The molecule has 0 aromatic heterocycles. The second-order valence-corrected chi connectivity index (χ2v) is 1.33. The molecule has 0 aliphatic heterocycles. The molecule has 0 fully saturated rings. The molecular formula is C4H17N3Na4. The minimum atomic E-state index is 0. The Balaban J connectivity index is -0.00000000643. The molecule has 0 unspecified atom stereocenters. The van der Waals surface area contributed by atoms with Crippen LogP contribution in [-0.2, 0) is 0 Å². The minimum Gasteiger partial charge on any atom is -1.00 e. The second kappa shape index (κ2) is 29.2. The van der Waals surface area contributed by atoms with Crippen LogP contribution < -0.4 is 135 Å². The summed E-state index contributed by atoms with van der Waals surface area (Å²) in [5.41, 5.74) is 10.3. The number of nitrogens with one attached hydrogen (secondary N) is 1. The van der Waals surface area contributed by atoms with Crippen LogP contribution in [0.2, 0.25) is 0 Å². The van der Waals surface area contributed by atoms with Gasteiger partial charge < -0.3 is 22.5 Å². The van der Waals surface area contributed by atoms with E-state index in [0.29, 0.717) is 13.1 Å². The van der Waals surface area contributed by atoms with Gasteiger partial charge in [0.25, 0.3) is 0 Å². The van der Waals surface area contributed by atoms with Gasteiger partial charge in [0.15, 0.2) is 0 Å². The average Bonchev–Trinajstić information content (AvgIpc) is 1.69. The molecule has 0 rings (SSSR count). The predicted octanol–water partition coefficient (Wildman–Crippen LogP) is -13.0. The molecule has 11 heavy (non-hydrogen) atoms. The van der Waals surface area contributed by atoms with Crippen LogP contribution in [0.15, 0.2) is 0 Å². The fourth-order valence-electron chi connectivity index (χ4n) is 0.329. The van der Waals surface area contributed by atoms with Gasteiger partial charge in [-0.3, -0.25) is 0 Å². The van der Waals surface area contributed by atoms with Crippen LogP contribution >= 0.6 is 0 Å². The van der Waals surface area contributed by atoms with Gasteiger partial charge >= 0.3 is 118 Å². The molecule has 0 bridgehead atoms. The van der Waals surface area contributed by atoms with Crippen LogP contribution in [0.25, 0.3) is 0 Å². The topological polar surface area (TPSA) is 64.1 Å². The van der Waals surface area contributed by atoms with Crippen LogP contribution in [0.3, 0.4) is 0 Å². The molecule has 0 aliphatic rings. The Morgan fingerprint density at radius 2 is 1.09 bits per heavy atom. The summed E-state index contributed by atoms with van der Waals surface area (Å²) in [5, 5.41) is 3.03. The van der Waals surface area contributed by atoms with E-state index >= 15 is 0 Å². The van der Waals surface area contributed by atoms with Gasteiger partial charge in [-0.05, 0) is 0 Å². The van der Waals surface area contributed by atoms with E-state index in [9.17, 15) is 0 Å². The zero-order chi connectivity index (χ0) is 5.54. The Labute approximate surface area is 164 Å². The van der Waals surface area contributed by atoms with Gasteiger partial charge in [0.1, 0.15) is 0 Å². The fraction of sp³-hybridized carbons (Fsp3) is 1.00. The molecule has 3 nitrogen and oxygen atoms in total. The number of hydrogen-bond donors (Lipinski definition) is 3. The molecule has 0 amide bonds. The van der Waals surface area contributed by atoms with Crippen molar-refractivity contribution in [1.29, 1.82) is 0 Å². The third-order valence-electron chi connectivity index (χ3n) is 0.642. The Morgan fingerprint density at radius 1 is 0.818 bits per heavy atom. The van der Waals surface area contributed by atoms with Gasteiger partial charge in [-0.2, -0.15) is 0 Å². The largest absolute Gasteiger partial charge is 1.00 e. The summed E-state index contributed by atoms with van der Waals surface area (Å²) in [7, 11) is 0. The minimum absolute atomic E-state index is 0. The van der Waals surface area contributed by atoms with Crippen LogP contribution in [0, 0.1) is 0 Å². The van der Waals surface area contributed by atoms with Crippen molar-refractivity contribution in [2.45, 2.75) is 0 Å². The van der Waals surface area contributed by atoms with Crippen LogP contribution in [0.4, 0.5) is 0 Å². The summed E-state index contributed by atoms with van der Waals surface area (Å²) in [6, 6.07) is 0. The van der Waals surface area contributed by atoms with E-state index in [1.165, 1.54) is 0 Å². The Hall–Kier alpha value is 3.88. The molecule has 0 spiro atoms. The van der Waals surface area contributed by atoms with E-state index < -0.39 is 0 Å². The molecule has 0 atom stereocenters. The Morgan fingerprint density at radius 3 is 1.27 bits per heavy atom. The van der Waals surface area contributed by atoms with Gasteiger partial charge in [0.05, 0.1) is 0 Å². The number of rotatable bonds is 4. The normalized spacial score (nSPS) is 6.00. The van der Waals surface area contributed by atoms with E-state index in [-0.39, 0.29) is 124 Å². The maximum atomic E-state index is 5.17. The summed E-state index contributed by atoms with van der Waals surface area (Å²) in [5.74, 6) is 0. The van der Waals surface area contributed by atoms with Crippen LogP contribution in [0.1, 0.15) is 5.71 Å². The average molecular weight is 199 g/mol. The van der Waals surface area contributed by atoms with E-state index in [4.69, 9.17) is 11.5 Å². The zero-order valence-electron chi connectivity index (χ0n) is 12.5. The van der Waals surface area contributed by atoms with E-state index in [2.05, 4.69) is 5.32 Å². The summed E-state index contributed by atoms with van der Waals surface area (Å²) in [6.07, 6.45) is 0. The molecule has 0 radical (unpaired) electrons. The maximum absolute atomic E-state index is 5.17. The van der Waals surface area contributed by atoms with Crippen molar-refractivity contribution in [2.75, 3.05) is 26.2 Å². The predicted molar refractivity (Wildman–Crippen MR) is 35.4 cm³/mol. The van der Waals surface area contributed by atoms with Crippen molar-refractivity contribution >= 4 is 0 Å². The van der Waals surface area contributed by atoms with Crippen molar-refractivity contribution < 1.29 is 124 Å². The van der Waals surface area contributed by atoms with Crippen molar-refractivity contribution in [1.82, 2.24) is 5.32 Å². The van der Waals surface area contributed by atoms with Gasteiger partial charge in [-0.1, -0.05) is 0 Å². The van der Waals surface area contributed by atoms with Gasteiger partial charge in [-0.25, -0.2) is 0 Å². The van der Waals surface area contributed by atoms with E-state index in [1.807, 2.05) is 0 Å². The first kappa shape index (κ1) is 29.4. The second-order valence-electron chi connectivity index (χ2n) is 1.33. The van der Waals surface area contributed by atoms with E-state index in [0.717, 1.165) is 13.1 Å². The summed E-state index contributed by atoms with van der Waals surface area (Å²) in [4.78, 5) is 0. The molecular weight excluding hydrogens is 182 g/mol. The molecule has 0 heterocycles. The number of nitrogens with two attached hydrogens (primary N) is 2. The van der Waals surface area contributed by atoms with E-state index in [1.54, 1.807) is 0 Å². The Kier molecular flexibility index (Phi) is 78.0. The van der Waals surface area contributed by atoms with Crippen LogP contribution in [-0.4, -0.2) is 26.2 Å². The maximum Gasteiger partial charge on any atom is 1.00 e. The first-order valence-electron chi connectivity index (χ1n) is 2.52. The molecule has 0 saturated carbocycles. The van der Waals surface area contributed by atoms with Crippen molar-refractivity contribution in [3.8, 4) is 0 Å². The fourth-order valence-corrected chi connectivity index (χ4v) is 0.329. The number of hydrogen-bond acceptors (Lipinski definition) is 3. The molecule has 0 saturated heterocycles. The smallest absolute Gasteiger partial charge is 1.00 e. The van der Waals surface area contributed by atoms with Gasteiger partial charge in [-0.15, -0.1) is 0 Å². The van der Waals surface area contributed by atoms with Crippen molar-refractivity contribution in [2.24, 2.45) is 11.5 Å². The first-order chi connectivity index (χ1) is 3.41. The molecule has 5 N–H and O–H groups in total. The van der Waals surface area contributed by atoms with Gasteiger partial charge in [0, 0.05) is 26.2 Å². The quantitative estimate of drug-likeness (QED) is 0.311.